The maximum Gasteiger partial charge on any atom is 0.180 e. The van der Waals surface area contributed by atoms with Crippen LogP contribution in [0.5, 0.6) is 0 Å². The first-order valence-corrected chi connectivity index (χ1v) is 4.49. The topological polar surface area (TPSA) is 23.1 Å². The first-order chi connectivity index (χ1) is 4.30. The number of halogens is 1. The van der Waals surface area contributed by atoms with Gasteiger partial charge in [-0.15, -0.1) is 0 Å². The molecule has 0 spiro atoms. The second kappa shape index (κ2) is 3.42. The van der Waals surface area contributed by atoms with Gasteiger partial charge in [0.25, 0.3) is 0 Å². The van der Waals surface area contributed by atoms with E-state index >= 15 is 0 Å². The lowest BCUT2D eigenvalue weighted by Crippen LogP contribution is -2.19. The summed E-state index contributed by atoms with van der Waals surface area (Å²) in [4.78, 5) is 0. The van der Waals surface area contributed by atoms with E-state index in [2.05, 4.69) is 0 Å². The normalized spacial score (nSPS) is 26.0. The van der Waals surface area contributed by atoms with Gasteiger partial charge in [-0.2, -0.15) is 0 Å². The molecule has 0 radical (unpaired) electrons. The molecule has 1 saturated carbocycles. The summed E-state index contributed by atoms with van der Waals surface area (Å²) < 4.78 is 22.3. The van der Waals surface area contributed by atoms with Crippen LogP contribution in [0, 0.1) is 0 Å². The number of hydrogen-bond acceptors (Lipinski definition) is 1. The molecular weight excluding hydrogens is 139 g/mol. The summed E-state index contributed by atoms with van der Waals surface area (Å²) in [5, 5.41) is -0.140. The van der Waals surface area contributed by atoms with Crippen LogP contribution >= 0.6 is 0 Å². The van der Waals surface area contributed by atoms with Crippen LogP contribution in [-0.2, 0) is 11.6 Å². The largest absolute Gasteiger partial charge is 0.580 e. The molecule has 1 aliphatic carbocycles. The molecular formula is C6H11FOS. The van der Waals surface area contributed by atoms with Crippen LogP contribution in [0.2, 0.25) is 0 Å². The molecule has 0 heterocycles. The smallest absolute Gasteiger partial charge is 0.180 e. The van der Waals surface area contributed by atoms with Crippen LogP contribution in [0.15, 0.2) is 0 Å². The fourth-order valence-electron chi connectivity index (χ4n) is 1.25. The van der Waals surface area contributed by atoms with E-state index in [1.807, 2.05) is 0 Å². The lowest BCUT2D eigenvalue weighted by atomic mass is 10.0. The van der Waals surface area contributed by atoms with Gasteiger partial charge in [0, 0.05) is 3.89 Å². The third-order valence-corrected chi connectivity index (χ3v) is 2.81. The molecule has 0 aromatic carbocycles. The van der Waals surface area contributed by atoms with Gasteiger partial charge in [0.05, 0.1) is 0 Å². The fourth-order valence-corrected chi connectivity index (χ4v) is 1.95. The minimum Gasteiger partial charge on any atom is -0.580 e. The molecule has 0 aromatic rings. The van der Waals surface area contributed by atoms with Crippen LogP contribution in [0.1, 0.15) is 32.1 Å². The van der Waals surface area contributed by atoms with E-state index in [0.717, 1.165) is 25.7 Å². The predicted molar refractivity (Wildman–Crippen MR) is 36.1 cm³/mol. The van der Waals surface area contributed by atoms with Crippen molar-refractivity contribution in [1.29, 1.82) is 0 Å². The van der Waals surface area contributed by atoms with Crippen molar-refractivity contribution in [1.82, 2.24) is 0 Å². The second-order valence-electron chi connectivity index (χ2n) is 2.51. The van der Waals surface area contributed by atoms with E-state index < -0.39 is 11.6 Å². The molecule has 0 aromatic heterocycles. The SMILES string of the molecule is [O-][S@@+](F)C1CCCCC1. The Morgan fingerprint density at radius 2 is 1.78 bits per heavy atom. The summed E-state index contributed by atoms with van der Waals surface area (Å²) in [7, 11) is 0. The van der Waals surface area contributed by atoms with Crippen LogP contribution in [0.4, 0.5) is 3.89 Å². The zero-order valence-corrected chi connectivity index (χ0v) is 6.12. The third-order valence-electron chi connectivity index (χ3n) is 1.81. The molecule has 0 bridgehead atoms. The highest BCUT2D eigenvalue weighted by molar-refractivity contribution is 7.87. The van der Waals surface area contributed by atoms with E-state index in [-0.39, 0.29) is 5.25 Å². The van der Waals surface area contributed by atoms with Crippen LogP contribution < -0.4 is 0 Å². The molecule has 0 unspecified atom stereocenters. The summed E-state index contributed by atoms with van der Waals surface area (Å²) in [6.45, 7) is 0. The van der Waals surface area contributed by atoms with Crippen molar-refractivity contribution in [2.24, 2.45) is 0 Å². The summed E-state index contributed by atoms with van der Waals surface area (Å²) >= 11 is -2.05. The molecule has 0 amide bonds. The van der Waals surface area contributed by atoms with Crippen molar-refractivity contribution in [2.75, 3.05) is 0 Å². The Kier molecular flexibility index (Phi) is 2.79. The van der Waals surface area contributed by atoms with Gasteiger partial charge >= 0.3 is 0 Å². The van der Waals surface area contributed by atoms with Crippen molar-refractivity contribution in [3.63, 3.8) is 0 Å². The van der Waals surface area contributed by atoms with Crippen LogP contribution in [0.25, 0.3) is 0 Å². The maximum atomic E-state index is 12.1. The second-order valence-corrected chi connectivity index (χ2v) is 3.67. The van der Waals surface area contributed by atoms with Gasteiger partial charge in [0.2, 0.25) is 0 Å². The van der Waals surface area contributed by atoms with E-state index in [0.29, 0.717) is 0 Å². The Morgan fingerprint density at radius 1 is 1.22 bits per heavy atom. The first kappa shape index (κ1) is 7.35. The molecule has 54 valence electrons. The Balaban J connectivity index is 2.23. The lowest BCUT2D eigenvalue weighted by molar-refractivity contribution is 0.462. The molecule has 0 aliphatic heterocycles. The Labute approximate surface area is 58.1 Å². The van der Waals surface area contributed by atoms with Gasteiger partial charge in [0.1, 0.15) is 0 Å². The molecule has 0 saturated heterocycles. The van der Waals surface area contributed by atoms with E-state index in [1.165, 1.54) is 6.42 Å². The molecule has 9 heavy (non-hydrogen) atoms. The minimum absolute atomic E-state index is 0.140. The highest BCUT2D eigenvalue weighted by atomic mass is 32.3. The zero-order valence-electron chi connectivity index (χ0n) is 5.31. The molecule has 1 rings (SSSR count). The van der Waals surface area contributed by atoms with Gasteiger partial charge < -0.3 is 4.55 Å². The molecule has 0 N–H and O–H groups in total. The van der Waals surface area contributed by atoms with Gasteiger partial charge in [-0.3, -0.25) is 0 Å². The van der Waals surface area contributed by atoms with Crippen molar-refractivity contribution >= 4 is 11.6 Å². The third kappa shape index (κ3) is 2.14. The average Bonchev–Trinajstić information content (AvgIpc) is 1.90. The number of hydrogen-bond donors (Lipinski definition) is 0. The van der Waals surface area contributed by atoms with Crippen molar-refractivity contribution in [3.05, 3.63) is 0 Å². The Hall–Kier alpha value is 0.240. The maximum absolute atomic E-state index is 12.1. The van der Waals surface area contributed by atoms with E-state index in [4.69, 9.17) is 0 Å². The Morgan fingerprint density at radius 3 is 2.11 bits per heavy atom. The van der Waals surface area contributed by atoms with Crippen molar-refractivity contribution in [2.45, 2.75) is 37.4 Å². The van der Waals surface area contributed by atoms with Gasteiger partial charge in [-0.25, -0.2) is 0 Å². The first-order valence-electron chi connectivity index (χ1n) is 3.37. The highest BCUT2D eigenvalue weighted by Crippen LogP contribution is 2.24. The standard InChI is InChI=1S/C6H11FOS/c7-9(8)6-4-2-1-3-5-6/h6H,1-5H2/t9-/m1/s1. The Bertz CT molecular complexity index is 81.1. The van der Waals surface area contributed by atoms with Crippen molar-refractivity contribution < 1.29 is 8.44 Å². The van der Waals surface area contributed by atoms with Gasteiger partial charge in [0.15, 0.2) is 16.8 Å². The van der Waals surface area contributed by atoms with Gasteiger partial charge in [-0.1, -0.05) is 6.42 Å². The predicted octanol–water partition coefficient (Wildman–Crippen LogP) is 1.95. The number of rotatable bonds is 1. The van der Waals surface area contributed by atoms with Crippen LogP contribution in [0.3, 0.4) is 0 Å². The zero-order chi connectivity index (χ0) is 6.69. The van der Waals surface area contributed by atoms with E-state index in [9.17, 15) is 8.44 Å². The molecule has 1 aliphatic rings. The van der Waals surface area contributed by atoms with E-state index in [1.54, 1.807) is 0 Å². The highest BCUT2D eigenvalue weighted by Gasteiger charge is 2.25. The summed E-state index contributed by atoms with van der Waals surface area (Å²) in [5.41, 5.74) is 0. The van der Waals surface area contributed by atoms with Gasteiger partial charge in [-0.05, 0) is 25.7 Å². The molecule has 1 fully saturated rings. The summed E-state index contributed by atoms with van der Waals surface area (Å²) in [5.74, 6) is 0. The van der Waals surface area contributed by atoms with Crippen molar-refractivity contribution in [3.8, 4) is 0 Å². The lowest BCUT2D eigenvalue weighted by Gasteiger charge is -2.16. The molecule has 1 atom stereocenters. The average molecular weight is 150 g/mol. The van der Waals surface area contributed by atoms with Crippen LogP contribution in [-0.4, -0.2) is 9.80 Å². The minimum atomic E-state index is -2.05. The fraction of sp³-hybridized carbons (Fsp3) is 1.00. The molecule has 1 nitrogen and oxygen atoms in total. The summed E-state index contributed by atoms with van der Waals surface area (Å²) in [6.07, 6.45) is 4.95. The quantitative estimate of drug-likeness (QED) is 0.524. The monoisotopic (exact) mass is 150 g/mol. The summed E-state index contributed by atoms with van der Waals surface area (Å²) in [6, 6.07) is 0. The molecule has 3 heteroatoms.